The van der Waals surface area contributed by atoms with Gasteiger partial charge in [-0.05, 0) is 18.2 Å². The minimum absolute atomic E-state index is 0.0748. The standard InChI is InChI=1S/C20H16F2N4O4/c1-29-15-6-11-14(7-16(15)30-2)25-19-18(11)23-9-26(20(19)28)8-17(27)24-10-3-4-12(21)13(22)5-10/h3-7,9,25H,8H2,1-2H3,(H,24,27). The molecule has 30 heavy (non-hydrogen) atoms. The fraction of sp³-hybridized carbons (Fsp3) is 0.150. The number of halogens is 2. The molecule has 2 N–H and O–H groups in total. The summed E-state index contributed by atoms with van der Waals surface area (Å²) in [6.07, 6.45) is 1.25. The smallest absolute Gasteiger partial charge is 0.278 e. The van der Waals surface area contributed by atoms with E-state index in [0.29, 0.717) is 27.9 Å². The van der Waals surface area contributed by atoms with Crippen LogP contribution < -0.4 is 20.3 Å². The van der Waals surface area contributed by atoms with E-state index in [1.165, 1.54) is 26.6 Å². The number of aromatic amines is 1. The van der Waals surface area contributed by atoms with Crippen molar-refractivity contribution >= 4 is 33.5 Å². The maximum Gasteiger partial charge on any atom is 0.278 e. The molecule has 0 aliphatic heterocycles. The molecule has 2 heterocycles. The zero-order valence-electron chi connectivity index (χ0n) is 16.0. The van der Waals surface area contributed by atoms with Crippen molar-refractivity contribution in [3.8, 4) is 11.5 Å². The molecule has 1 amide bonds. The van der Waals surface area contributed by atoms with Crippen LogP contribution in [0.3, 0.4) is 0 Å². The van der Waals surface area contributed by atoms with Crippen molar-refractivity contribution < 1.29 is 23.0 Å². The zero-order valence-corrected chi connectivity index (χ0v) is 16.0. The Kier molecular flexibility index (Phi) is 4.82. The number of rotatable bonds is 5. The number of benzene rings is 2. The third-order valence-corrected chi connectivity index (χ3v) is 4.59. The highest BCUT2D eigenvalue weighted by molar-refractivity contribution is 6.05. The Morgan fingerprint density at radius 2 is 1.87 bits per heavy atom. The Balaban J connectivity index is 1.67. The highest BCUT2D eigenvalue weighted by atomic mass is 19.2. The summed E-state index contributed by atoms with van der Waals surface area (Å²) in [6.45, 7) is -0.358. The first kappa shape index (κ1) is 19.4. The lowest BCUT2D eigenvalue weighted by Crippen LogP contribution is -2.28. The van der Waals surface area contributed by atoms with Gasteiger partial charge in [-0.2, -0.15) is 0 Å². The number of amides is 1. The molecule has 0 aliphatic rings. The molecular weight excluding hydrogens is 398 g/mol. The number of methoxy groups -OCH3 is 2. The molecule has 8 nitrogen and oxygen atoms in total. The molecule has 2 aromatic carbocycles. The monoisotopic (exact) mass is 414 g/mol. The third kappa shape index (κ3) is 3.32. The summed E-state index contributed by atoms with van der Waals surface area (Å²) in [6, 6.07) is 6.38. The number of ether oxygens (including phenoxy) is 2. The number of H-pyrrole nitrogens is 1. The first-order valence-corrected chi connectivity index (χ1v) is 8.79. The molecule has 154 valence electrons. The highest BCUT2D eigenvalue weighted by Crippen LogP contribution is 2.34. The molecule has 2 aromatic heterocycles. The number of aromatic nitrogens is 3. The molecular formula is C20H16F2N4O4. The molecule has 4 aromatic rings. The van der Waals surface area contributed by atoms with Gasteiger partial charge in [0.05, 0.1) is 26.1 Å². The van der Waals surface area contributed by atoms with Crippen LogP contribution in [-0.2, 0) is 11.3 Å². The van der Waals surface area contributed by atoms with Gasteiger partial charge in [-0.3, -0.25) is 14.2 Å². The summed E-state index contributed by atoms with van der Waals surface area (Å²) in [7, 11) is 3.01. The fourth-order valence-electron chi connectivity index (χ4n) is 3.16. The van der Waals surface area contributed by atoms with Crippen molar-refractivity contribution in [3.05, 3.63) is 58.6 Å². The van der Waals surface area contributed by atoms with Crippen molar-refractivity contribution in [1.29, 1.82) is 0 Å². The van der Waals surface area contributed by atoms with Crippen molar-refractivity contribution in [2.75, 3.05) is 19.5 Å². The van der Waals surface area contributed by atoms with E-state index in [2.05, 4.69) is 15.3 Å². The van der Waals surface area contributed by atoms with Crippen LogP contribution in [0.25, 0.3) is 21.9 Å². The Morgan fingerprint density at radius 3 is 2.57 bits per heavy atom. The summed E-state index contributed by atoms with van der Waals surface area (Å²) in [5, 5.41) is 3.08. The van der Waals surface area contributed by atoms with Crippen LogP contribution in [0.4, 0.5) is 14.5 Å². The molecule has 0 atom stereocenters. The van der Waals surface area contributed by atoms with Gasteiger partial charge in [-0.1, -0.05) is 0 Å². The molecule has 0 bridgehead atoms. The van der Waals surface area contributed by atoms with E-state index in [1.54, 1.807) is 12.1 Å². The van der Waals surface area contributed by atoms with Crippen LogP contribution in [0.15, 0.2) is 41.5 Å². The van der Waals surface area contributed by atoms with Gasteiger partial charge >= 0.3 is 0 Å². The highest BCUT2D eigenvalue weighted by Gasteiger charge is 2.16. The van der Waals surface area contributed by atoms with Crippen molar-refractivity contribution in [1.82, 2.24) is 14.5 Å². The summed E-state index contributed by atoms with van der Waals surface area (Å²) >= 11 is 0. The first-order chi connectivity index (χ1) is 14.4. The molecule has 0 radical (unpaired) electrons. The Bertz CT molecular complexity index is 1350. The van der Waals surface area contributed by atoms with Gasteiger partial charge in [0.1, 0.15) is 17.6 Å². The number of hydrogen-bond acceptors (Lipinski definition) is 5. The average molecular weight is 414 g/mol. The van der Waals surface area contributed by atoms with E-state index in [9.17, 15) is 18.4 Å². The molecule has 0 saturated heterocycles. The molecule has 4 rings (SSSR count). The van der Waals surface area contributed by atoms with Crippen LogP contribution in [0, 0.1) is 11.6 Å². The Morgan fingerprint density at radius 1 is 1.13 bits per heavy atom. The van der Waals surface area contributed by atoms with E-state index in [-0.39, 0.29) is 17.7 Å². The fourth-order valence-corrected chi connectivity index (χ4v) is 3.16. The van der Waals surface area contributed by atoms with Crippen molar-refractivity contribution in [2.24, 2.45) is 0 Å². The molecule has 10 heteroatoms. The summed E-state index contributed by atoms with van der Waals surface area (Å²) in [5.41, 5.74) is 0.869. The van der Waals surface area contributed by atoms with E-state index in [1.807, 2.05) is 0 Å². The van der Waals surface area contributed by atoms with Crippen molar-refractivity contribution in [2.45, 2.75) is 6.54 Å². The quantitative estimate of drug-likeness (QED) is 0.523. The predicted octanol–water partition coefficient (Wildman–Crippen LogP) is 2.81. The molecule has 0 unspecified atom stereocenters. The van der Waals surface area contributed by atoms with E-state index in [0.717, 1.165) is 16.7 Å². The van der Waals surface area contributed by atoms with Crippen LogP contribution >= 0.6 is 0 Å². The second-order valence-corrected chi connectivity index (χ2v) is 6.46. The lowest BCUT2D eigenvalue weighted by atomic mass is 10.2. The van der Waals surface area contributed by atoms with Crippen LogP contribution in [-0.4, -0.2) is 34.7 Å². The van der Waals surface area contributed by atoms with Crippen LogP contribution in [0.2, 0.25) is 0 Å². The topological polar surface area (TPSA) is 98.2 Å². The number of carbonyl (C=O) groups is 1. The number of anilines is 1. The first-order valence-electron chi connectivity index (χ1n) is 8.79. The van der Waals surface area contributed by atoms with Gasteiger partial charge in [-0.25, -0.2) is 13.8 Å². The summed E-state index contributed by atoms with van der Waals surface area (Å²) in [5.74, 6) is -1.72. The molecule has 0 fully saturated rings. The van der Waals surface area contributed by atoms with Gasteiger partial charge < -0.3 is 19.8 Å². The number of fused-ring (bicyclic) bond motifs is 3. The largest absolute Gasteiger partial charge is 0.493 e. The minimum Gasteiger partial charge on any atom is -0.493 e. The maximum absolute atomic E-state index is 13.3. The number of carbonyl (C=O) groups excluding carboxylic acids is 1. The summed E-state index contributed by atoms with van der Waals surface area (Å²) < 4.78 is 38.0. The van der Waals surface area contributed by atoms with Gasteiger partial charge in [0, 0.05) is 23.2 Å². The zero-order chi connectivity index (χ0) is 21.4. The van der Waals surface area contributed by atoms with Gasteiger partial charge in [0.15, 0.2) is 23.1 Å². The summed E-state index contributed by atoms with van der Waals surface area (Å²) in [4.78, 5) is 32.4. The Labute approximate surface area is 168 Å². The normalized spacial score (nSPS) is 11.1. The Hall–Kier alpha value is -3.95. The predicted molar refractivity (Wildman–Crippen MR) is 106 cm³/mol. The van der Waals surface area contributed by atoms with Crippen LogP contribution in [0.5, 0.6) is 11.5 Å². The average Bonchev–Trinajstić information content (AvgIpc) is 3.10. The van der Waals surface area contributed by atoms with Crippen LogP contribution in [0.1, 0.15) is 0 Å². The van der Waals surface area contributed by atoms with Gasteiger partial charge in [0.25, 0.3) is 5.56 Å². The lowest BCUT2D eigenvalue weighted by molar-refractivity contribution is -0.116. The second-order valence-electron chi connectivity index (χ2n) is 6.46. The minimum atomic E-state index is -1.09. The SMILES string of the molecule is COc1cc2[nH]c3c(=O)n(CC(=O)Nc4ccc(F)c(F)c4)cnc3c2cc1OC. The number of hydrogen-bond donors (Lipinski definition) is 2. The lowest BCUT2D eigenvalue weighted by Gasteiger charge is -2.08. The maximum atomic E-state index is 13.3. The van der Waals surface area contributed by atoms with E-state index in [4.69, 9.17) is 9.47 Å². The number of nitrogens with one attached hydrogen (secondary N) is 2. The molecule has 0 aliphatic carbocycles. The number of nitrogens with zero attached hydrogens (tertiary/aromatic N) is 2. The van der Waals surface area contributed by atoms with Crippen molar-refractivity contribution in [3.63, 3.8) is 0 Å². The molecule has 0 saturated carbocycles. The second kappa shape index (κ2) is 7.47. The van der Waals surface area contributed by atoms with Gasteiger partial charge in [0.2, 0.25) is 5.91 Å². The molecule has 0 spiro atoms. The van der Waals surface area contributed by atoms with E-state index >= 15 is 0 Å². The third-order valence-electron chi connectivity index (χ3n) is 4.59. The van der Waals surface area contributed by atoms with Gasteiger partial charge in [-0.15, -0.1) is 0 Å². The van der Waals surface area contributed by atoms with E-state index < -0.39 is 23.1 Å².